The number of ether oxygens (including phenoxy) is 1. The summed E-state index contributed by atoms with van der Waals surface area (Å²) in [5.74, 6) is -1.17. The molecule has 2 aliphatic heterocycles. The summed E-state index contributed by atoms with van der Waals surface area (Å²) >= 11 is 6.16. The Hall–Kier alpha value is -6.08. The summed E-state index contributed by atoms with van der Waals surface area (Å²) in [6.07, 6.45) is -1.26. The molecule has 2 N–H and O–H groups in total. The van der Waals surface area contributed by atoms with Crippen LogP contribution in [0.5, 0.6) is 5.75 Å². The van der Waals surface area contributed by atoms with Gasteiger partial charge < -0.3 is 29.5 Å². The van der Waals surface area contributed by atoms with Gasteiger partial charge in [-0.2, -0.15) is 27.8 Å². The molecule has 0 unspecified atom stereocenters. The van der Waals surface area contributed by atoms with Gasteiger partial charge in [-0.1, -0.05) is 18.5 Å². The lowest BCUT2D eigenvalue weighted by Gasteiger charge is -2.36. The highest BCUT2D eigenvalue weighted by Gasteiger charge is 2.32. The zero-order chi connectivity index (χ0) is 39.5. The standard InChI is InChI=1S/C36H33ClF3N11O5/c1-3-27-30(47-8-10-48(11-9-47)33(54)29-31(53)19(2)41-18-42-29)34(55)51-35(49(27)15-28(52)43-26-7-5-22(13-24(26)37)36(38,39)40)44-32(46-51)20-4-6-25-21(12-20)14-50(45-25)23-16-56-17-23/h4-7,12-14,18,23,53H,3,8-11,15-17H2,1-2H3,(H,43,52). The molecule has 20 heteroatoms. The first-order valence-corrected chi connectivity index (χ1v) is 18.0. The molecule has 0 saturated carbocycles. The lowest BCUT2D eigenvalue weighted by Crippen LogP contribution is -2.51. The van der Waals surface area contributed by atoms with Crippen molar-refractivity contribution in [2.45, 2.75) is 39.0 Å². The molecule has 290 valence electrons. The predicted molar refractivity (Wildman–Crippen MR) is 197 cm³/mol. The van der Waals surface area contributed by atoms with Crippen molar-refractivity contribution >= 4 is 51.5 Å². The second kappa shape index (κ2) is 14.2. The molecule has 0 atom stereocenters. The van der Waals surface area contributed by atoms with Crippen LogP contribution in [0.25, 0.3) is 28.1 Å². The molecule has 2 aliphatic rings. The average Bonchev–Trinajstić information content (AvgIpc) is 3.78. The molecule has 0 radical (unpaired) electrons. The Morgan fingerprint density at radius 1 is 1.05 bits per heavy atom. The van der Waals surface area contributed by atoms with Crippen LogP contribution in [-0.4, -0.2) is 100 Å². The zero-order valence-electron chi connectivity index (χ0n) is 29.9. The molecule has 2 saturated heterocycles. The van der Waals surface area contributed by atoms with Crippen molar-refractivity contribution in [3.8, 4) is 17.1 Å². The third-order valence-corrected chi connectivity index (χ3v) is 10.2. The summed E-state index contributed by atoms with van der Waals surface area (Å²) in [5, 5.41) is 22.8. The Bertz CT molecular complexity index is 2590. The summed E-state index contributed by atoms with van der Waals surface area (Å²) in [6.45, 7) is 4.89. The number of nitrogens with one attached hydrogen (secondary N) is 1. The number of rotatable bonds is 8. The highest BCUT2D eigenvalue weighted by molar-refractivity contribution is 6.33. The third-order valence-electron chi connectivity index (χ3n) is 9.90. The first kappa shape index (κ1) is 36.9. The number of fused-ring (bicyclic) bond motifs is 2. The maximum atomic E-state index is 14.4. The molecule has 6 aromatic rings. The van der Waals surface area contributed by atoms with Gasteiger partial charge in [0.2, 0.25) is 11.7 Å². The van der Waals surface area contributed by atoms with Gasteiger partial charge in [0.1, 0.15) is 18.6 Å². The van der Waals surface area contributed by atoms with E-state index in [1.807, 2.05) is 34.8 Å². The van der Waals surface area contributed by atoms with Gasteiger partial charge in [-0.25, -0.2) is 9.97 Å². The van der Waals surface area contributed by atoms with Crippen molar-refractivity contribution in [2.75, 3.05) is 49.6 Å². The average molecular weight is 792 g/mol. The van der Waals surface area contributed by atoms with Crippen molar-refractivity contribution in [3.63, 3.8) is 0 Å². The number of halogens is 4. The van der Waals surface area contributed by atoms with Crippen LogP contribution in [0, 0.1) is 6.92 Å². The van der Waals surface area contributed by atoms with Crippen molar-refractivity contribution < 1.29 is 32.6 Å². The van der Waals surface area contributed by atoms with E-state index < -0.39 is 35.7 Å². The molecule has 0 aliphatic carbocycles. The number of anilines is 2. The van der Waals surface area contributed by atoms with Crippen molar-refractivity contribution in [1.82, 2.24) is 43.8 Å². The van der Waals surface area contributed by atoms with E-state index in [1.54, 1.807) is 17.6 Å². The monoisotopic (exact) mass is 791 g/mol. The maximum absolute atomic E-state index is 14.4. The van der Waals surface area contributed by atoms with E-state index >= 15 is 0 Å². The van der Waals surface area contributed by atoms with Gasteiger partial charge in [-0.15, -0.1) is 5.10 Å². The van der Waals surface area contributed by atoms with Crippen LogP contribution < -0.4 is 15.8 Å². The summed E-state index contributed by atoms with van der Waals surface area (Å²) in [4.78, 5) is 57.4. The van der Waals surface area contributed by atoms with Gasteiger partial charge in [0.05, 0.1) is 52.4 Å². The van der Waals surface area contributed by atoms with E-state index in [0.29, 0.717) is 24.5 Å². The number of carbonyl (C=O) groups is 2. The fraction of sp³-hybridized carbons (Fsp3) is 0.333. The lowest BCUT2D eigenvalue weighted by atomic mass is 10.1. The van der Waals surface area contributed by atoms with Gasteiger partial charge in [0.25, 0.3) is 11.5 Å². The van der Waals surface area contributed by atoms with E-state index in [9.17, 15) is 32.7 Å². The number of carbonyl (C=O) groups excluding carboxylic acids is 2. The molecule has 2 aromatic carbocycles. The number of aryl methyl sites for hydroxylation is 1. The van der Waals surface area contributed by atoms with E-state index in [0.717, 1.165) is 33.6 Å². The number of aromatic nitrogens is 8. The smallest absolute Gasteiger partial charge is 0.416 e. The highest BCUT2D eigenvalue weighted by atomic mass is 35.5. The summed E-state index contributed by atoms with van der Waals surface area (Å²) in [5.41, 5.74) is 0.663. The van der Waals surface area contributed by atoms with Crippen LogP contribution in [0.2, 0.25) is 5.02 Å². The Morgan fingerprint density at radius 2 is 1.82 bits per heavy atom. The van der Waals surface area contributed by atoms with E-state index in [4.69, 9.17) is 21.3 Å². The Morgan fingerprint density at radius 3 is 2.50 bits per heavy atom. The Labute approximate surface area is 320 Å². The first-order chi connectivity index (χ1) is 26.8. The van der Waals surface area contributed by atoms with Gasteiger partial charge >= 0.3 is 6.18 Å². The molecule has 0 spiro atoms. The fourth-order valence-electron chi connectivity index (χ4n) is 6.83. The second-order valence-electron chi connectivity index (χ2n) is 13.4. The van der Waals surface area contributed by atoms with Gasteiger partial charge in [0, 0.05) is 43.3 Å². The number of aromatic hydroxyl groups is 1. The molecular weight excluding hydrogens is 759 g/mol. The number of hydrogen-bond donors (Lipinski definition) is 2. The first-order valence-electron chi connectivity index (χ1n) is 17.6. The third kappa shape index (κ3) is 6.65. The number of piperazine rings is 1. The number of amides is 2. The molecule has 6 heterocycles. The number of alkyl halides is 3. The van der Waals surface area contributed by atoms with Crippen LogP contribution >= 0.6 is 11.6 Å². The molecule has 2 amide bonds. The van der Waals surface area contributed by atoms with Crippen LogP contribution in [0.4, 0.5) is 24.5 Å². The number of benzene rings is 2. The molecule has 0 bridgehead atoms. The largest absolute Gasteiger partial charge is 0.504 e. The second-order valence-corrected chi connectivity index (χ2v) is 13.8. The normalized spacial score (nSPS) is 15.1. The van der Waals surface area contributed by atoms with Gasteiger partial charge in [-0.05, 0) is 49.7 Å². The van der Waals surface area contributed by atoms with Crippen LogP contribution in [0.3, 0.4) is 0 Å². The minimum atomic E-state index is -4.63. The van der Waals surface area contributed by atoms with E-state index in [1.165, 1.54) is 11.2 Å². The zero-order valence-corrected chi connectivity index (χ0v) is 30.7. The minimum Gasteiger partial charge on any atom is -0.504 e. The number of nitrogens with zero attached hydrogens (tertiary/aromatic N) is 10. The molecule has 2 fully saturated rings. The van der Waals surface area contributed by atoms with Crippen molar-refractivity contribution in [1.29, 1.82) is 0 Å². The summed E-state index contributed by atoms with van der Waals surface area (Å²) in [7, 11) is 0. The highest BCUT2D eigenvalue weighted by Crippen LogP contribution is 2.34. The van der Waals surface area contributed by atoms with Crippen molar-refractivity contribution in [3.05, 3.63) is 86.9 Å². The number of hydrogen-bond acceptors (Lipinski definition) is 11. The molecule has 4 aromatic heterocycles. The molecular formula is C36H33ClF3N11O5. The summed E-state index contributed by atoms with van der Waals surface area (Å²) in [6, 6.07) is 8.23. The van der Waals surface area contributed by atoms with Crippen molar-refractivity contribution in [2.24, 2.45) is 0 Å². The molecule has 16 nitrogen and oxygen atoms in total. The topological polar surface area (TPSA) is 178 Å². The van der Waals surface area contributed by atoms with Crippen LogP contribution in [0.15, 0.2) is 53.7 Å². The Kier molecular flexibility index (Phi) is 9.36. The maximum Gasteiger partial charge on any atom is 0.416 e. The molecule has 8 rings (SSSR count). The molecule has 56 heavy (non-hydrogen) atoms. The lowest BCUT2D eigenvalue weighted by molar-refractivity contribution is -0.137. The Balaban J connectivity index is 1.16. The van der Waals surface area contributed by atoms with E-state index in [-0.39, 0.29) is 83.8 Å². The van der Waals surface area contributed by atoms with E-state index in [2.05, 4.69) is 25.5 Å². The predicted octanol–water partition coefficient (Wildman–Crippen LogP) is 4.12. The van der Waals surface area contributed by atoms with Gasteiger partial charge in [0.15, 0.2) is 17.3 Å². The quantitative estimate of drug-likeness (QED) is 0.227. The SMILES string of the molecule is CCc1c(N2CCN(C(=O)c3ncnc(C)c3O)CC2)c(=O)n2nc(-c3ccc4nn(C5COC5)cc4c3)nc2n1CC(=O)Nc1ccc(C(F)(F)F)cc1Cl. The fourth-order valence-corrected chi connectivity index (χ4v) is 7.06. The summed E-state index contributed by atoms with van der Waals surface area (Å²) < 4.78 is 49.7. The van der Waals surface area contributed by atoms with Crippen LogP contribution in [0.1, 0.15) is 40.4 Å². The van der Waals surface area contributed by atoms with Gasteiger partial charge in [-0.3, -0.25) is 19.1 Å². The minimum absolute atomic E-state index is 0.0322. The van der Waals surface area contributed by atoms with Crippen LogP contribution in [-0.2, 0) is 28.7 Å².